The van der Waals surface area contributed by atoms with Gasteiger partial charge in [-0.2, -0.15) is 4.98 Å². The van der Waals surface area contributed by atoms with Crippen molar-refractivity contribution in [3.63, 3.8) is 0 Å². The maximum Gasteiger partial charge on any atom is 0.338 e. The number of carbonyl (C=O) groups is 1. The summed E-state index contributed by atoms with van der Waals surface area (Å²) in [5, 5.41) is 9.96. The summed E-state index contributed by atoms with van der Waals surface area (Å²) in [6, 6.07) is 18.3. The number of anilines is 1. The van der Waals surface area contributed by atoms with Crippen molar-refractivity contribution in [2.75, 3.05) is 11.9 Å². The van der Waals surface area contributed by atoms with Gasteiger partial charge in [-0.15, -0.1) is 5.10 Å². The Hall–Kier alpha value is -3.18. The number of fused-ring (bicyclic) bond motifs is 1. The predicted octanol–water partition coefficient (Wildman–Crippen LogP) is 8.86. The van der Waals surface area contributed by atoms with Crippen LogP contribution in [0.15, 0.2) is 81.6 Å². The van der Waals surface area contributed by atoms with Crippen molar-refractivity contribution in [1.29, 1.82) is 0 Å². The summed E-state index contributed by atoms with van der Waals surface area (Å²) in [6.45, 7) is 8.10. The van der Waals surface area contributed by atoms with Gasteiger partial charge >= 0.3 is 5.97 Å². The van der Waals surface area contributed by atoms with Gasteiger partial charge in [0.1, 0.15) is 12.6 Å². The average molecular weight is 719 g/mol. The van der Waals surface area contributed by atoms with Gasteiger partial charge in [0.05, 0.1) is 22.8 Å². The molecule has 0 saturated carbocycles. The second kappa shape index (κ2) is 14.3. The second-order valence-electron chi connectivity index (χ2n) is 10.2. The summed E-state index contributed by atoms with van der Waals surface area (Å²) >= 11 is 17.6. The first-order valence-electron chi connectivity index (χ1n) is 14.0. The average Bonchev–Trinajstić information content (AvgIpc) is 3.38. The molecule has 44 heavy (non-hydrogen) atoms. The number of allylic oxidation sites excluding steroid dienone is 1. The van der Waals surface area contributed by atoms with Crippen LogP contribution in [0.1, 0.15) is 50.4 Å². The quantitative estimate of drug-likeness (QED) is 0.122. The van der Waals surface area contributed by atoms with Gasteiger partial charge in [-0.3, -0.25) is 0 Å². The van der Waals surface area contributed by atoms with Crippen LogP contribution in [0.4, 0.5) is 5.95 Å². The topological polar surface area (TPSA) is 87.5 Å². The van der Waals surface area contributed by atoms with Crippen LogP contribution < -0.4 is 14.8 Å². The molecule has 0 amide bonds. The van der Waals surface area contributed by atoms with E-state index in [1.54, 1.807) is 4.68 Å². The van der Waals surface area contributed by atoms with Crippen LogP contribution >= 0.6 is 50.9 Å². The van der Waals surface area contributed by atoms with Crippen LogP contribution in [0.5, 0.6) is 11.5 Å². The number of esters is 1. The van der Waals surface area contributed by atoms with Crippen LogP contribution in [0.2, 0.25) is 10.0 Å². The lowest BCUT2D eigenvalue weighted by Crippen LogP contribution is -2.30. The van der Waals surface area contributed by atoms with Crippen molar-refractivity contribution in [2.45, 2.75) is 57.4 Å². The predicted molar refractivity (Wildman–Crippen MR) is 178 cm³/mol. The van der Waals surface area contributed by atoms with Gasteiger partial charge in [0.2, 0.25) is 11.1 Å². The lowest BCUT2D eigenvalue weighted by Gasteiger charge is -2.29. The van der Waals surface area contributed by atoms with Crippen LogP contribution in [-0.4, -0.2) is 33.4 Å². The molecule has 230 valence electrons. The minimum absolute atomic E-state index is 0.309. The molecule has 4 aromatic rings. The Kier molecular flexibility index (Phi) is 10.5. The highest BCUT2D eigenvalue weighted by Crippen LogP contribution is 2.44. The zero-order valence-electron chi connectivity index (χ0n) is 24.6. The Morgan fingerprint density at radius 1 is 1.11 bits per heavy atom. The van der Waals surface area contributed by atoms with Crippen LogP contribution in [0.3, 0.4) is 0 Å². The maximum absolute atomic E-state index is 13.5. The van der Waals surface area contributed by atoms with Gasteiger partial charge in [0, 0.05) is 21.5 Å². The van der Waals surface area contributed by atoms with E-state index in [0.29, 0.717) is 67.4 Å². The van der Waals surface area contributed by atoms with Crippen molar-refractivity contribution >= 4 is 62.8 Å². The summed E-state index contributed by atoms with van der Waals surface area (Å²) in [5.74, 6) is 1.71. The molecule has 3 aromatic carbocycles. The minimum atomic E-state index is -0.652. The van der Waals surface area contributed by atoms with Crippen molar-refractivity contribution in [1.82, 2.24) is 14.8 Å². The van der Waals surface area contributed by atoms with Gasteiger partial charge in [-0.05, 0) is 90.6 Å². The minimum Gasteiger partial charge on any atom is -0.490 e. The monoisotopic (exact) mass is 716 g/mol. The van der Waals surface area contributed by atoms with Crippen molar-refractivity contribution in [2.24, 2.45) is 0 Å². The highest BCUT2D eigenvalue weighted by atomic mass is 79.9. The molecule has 1 aliphatic heterocycles. The summed E-state index contributed by atoms with van der Waals surface area (Å²) in [4.78, 5) is 18.3. The van der Waals surface area contributed by atoms with Crippen LogP contribution in [0.25, 0.3) is 0 Å². The lowest BCUT2D eigenvalue weighted by molar-refractivity contribution is -0.143. The fourth-order valence-corrected chi connectivity index (χ4v) is 6.50. The summed E-state index contributed by atoms with van der Waals surface area (Å²) in [6.07, 6.45) is -0.309. The Bertz CT molecular complexity index is 1690. The number of aromatic nitrogens is 3. The Morgan fingerprint density at radius 3 is 2.57 bits per heavy atom. The Morgan fingerprint density at radius 2 is 1.86 bits per heavy atom. The van der Waals surface area contributed by atoms with E-state index in [1.165, 1.54) is 11.8 Å². The molecule has 0 radical (unpaired) electrons. The molecule has 8 nitrogen and oxygen atoms in total. The number of carbonyl (C=O) groups excluding carboxylic acids is 1. The number of benzene rings is 3. The van der Waals surface area contributed by atoms with E-state index in [2.05, 4.69) is 21.2 Å². The van der Waals surface area contributed by atoms with Crippen molar-refractivity contribution in [3.05, 3.63) is 103 Å². The lowest BCUT2D eigenvalue weighted by atomic mass is 9.95. The Labute approximate surface area is 279 Å². The number of nitrogens with one attached hydrogen (secondary N) is 1. The Balaban J connectivity index is 1.53. The molecule has 1 aliphatic rings. The summed E-state index contributed by atoms with van der Waals surface area (Å²) < 4.78 is 20.3. The van der Waals surface area contributed by atoms with Crippen LogP contribution in [0, 0.1) is 0 Å². The molecule has 0 saturated heterocycles. The molecule has 12 heteroatoms. The molecular weight excluding hydrogens is 687 g/mol. The van der Waals surface area contributed by atoms with E-state index in [1.807, 2.05) is 88.4 Å². The second-order valence-corrected chi connectivity index (χ2v) is 12.9. The number of hydrogen-bond donors (Lipinski definition) is 1. The molecule has 5 rings (SSSR count). The molecule has 1 unspecified atom stereocenters. The first kappa shape index (κ1) is 32.2. The molecule has 0 aliphatic carbocycles. The fourth-order valence-electron chi connectivity index (χ4n) is 4.69. The van der Waals surface area contributed by atoms with Gasteiger partial charge in [-0.25, -0.2) is 9.48 Å². The van der Waals surface area contributed by atoms with Gasteiger partial charge in [-0.1, -0.05) is 65.3 Å². The molecule has 0 fully saturated rings. The van der Waals surface area contributed by atoms with Gasteiger partial charge in [0.15, 0.2) is 11.5 Å². The normalized spacial score (nSPS) is 14.3. The highest BCUT2D eigenvalue weighted by Gasteiger charge is 2.36. The fraction of sp³-hybridized carbons (Fsp3) is 0.281. The number of rotatable bonds is 11. The third-order valence-electron chi connectivity index (χ3n) is 6.65. The van der Waals surface area contributed by atoms with Gasteiger partial charge in [0.25, 0.3) is 0 Å². The molecule has 2 heterocycles. The largest absolute Gasteiger partial charge is 0.490 e. The first-order valence-corrected chi connectivity index (χ1v) is 16.5. The van der Waals surface area contributed by atoms with E-state index in [9.17, 15) is 4.79 Å². The standard InChI is InChI=1S/C32H31BrCl2N4O4S/c1-5-41-26-15-22(14-24(33)29(26)42-16-20-10-12-23(34)13-11-20)28-27(30(40)43-18(2)3)19(4)36-31-37-32(38-39(28)31)44-17-21-8-6-7-9-25(21)35/h6-15,18,28H,5,16-17H2,1-4H3,(H,36,37,38). The van der Waals surface area contributed by atoms with Crippen molar-refractivity contribution in [3.8, 4) is 11.5 Å². The number of nitrogens with zero attached hydrogens (tertiary/aromatic N) is 3. The molecule has 0 bridgehead atoms. The third-order valence-corrected chi connectivity index (χ3v) is 8.75. The molecular formula is C32H31BrCl2N4O4S. The summed E-state index contributed by atoms with van der Waals surface area (Å²) in [7, 11) is 0. The zero-order valence-corrected chi connectivity index (χ0v) is 28.5. The molecule has 1 N–H and O–H groups in total. The number of halogens is 3. The maximum atomic E-state index is 13.5. The zero-order chi connectivity index (χ0) is 31.4. The molecule has 0 spiro atoms. The third kappa shape index (κ3) is 7.37. The van der Waals surface area contributed by atoms with E-state index >= 15 is 0 Å². The van der Waals surface area contributed by atoms with E-state index in [4.69, 9.17) is 47.5 Å². The SMILES string of the molecule is CCOc1cc(C2C(C(=O)OC(C)C)=C(C)Nc3nc(SCc4ccccc4Cl)nn32)cc(Br)c1OCc1ccc(Cl)cc1. The van der Waals surface area contributed by atoms with Crippen molar-refractivity contribution < 1.29 is 19.0 Å². The van der Waals surface area contributed by atoms with E-state index in [-0.39, 0.29) is 6.10 Å². The number of ether oxygens (including phenoxy) is 3. The summed E-state index contributed by atoms with van der Waals surface area (Å²) in [5.41, 5.74) is 3.72. The van der Waals surface area contributed by atoms with E-state index < -0.39 is 12.0 Å². The molecule has 1 atom stereocenters. The number of hydrogen-bond acceptors (Lipinski definition) is 8. The van der Waals surface area contributed by atoms with Gasteiger partial charge < -0.3 is 19.5 Å². The first-order chi connectivity index (χ1) is 21.1. The highest BCUT2D eigenvalue weighted by molar-refractivity contribution is 9.10. The molecule has 1 aromatic heterocycles. The van der Waals surface area contributed by atoms with Crippen LogP contribution in [-0.2, 0) is 21.9 Å². The van der Waals surface area contributed by atoms with E-state index in [0.717, 1.165) is 16.7 Å². The smallest absolute Gasteiger partial charge is 0.338 e. The number of thioether (sulfide) groups is 1.